The average Bonchev–Trinajstić information content (AvgIpc) is 2.34. The van der Waals surface area contributed by atoms with Crippen molar-refractivity contribution < 1.29 is 9.53 Å². The standard InChI is InChI=1S/C14H21NO2/c1-3-4-5-6-7-14(16)12-9-8-11(17-2)10-13(12)15/h8-10H,3-7,15H2,1-2H3. The van der Waals surface area contributed by atoms with Crippen molar-refractivity contribution in [3.05, 3.63) is 23.8 Å². The van der Waals surface area contributed by atoms with Gasteiger partial charge >= 0.3 is 0 Å². The number of ketones is 1. The zero-order chi connectivity index (χ0) is 12.7. The summed E-state index contributed by atoms with van der Waals surface area (Å²) in [5.41, 5.74) is 6.95. The smallest absolute Gasteiger partial charge is 0.164 e. The fourth-order valence-corrected chi connectivity index (χ4v) is 1.77. The van der Waals surface area contributed by atoms with Gasteiger partial charge in [-0.25, -0.2) is 0 Å². The van der Waals surface area contributed by atoms with Crippen LogP contribution in [0.5, 0.6) is 5.75 Å². The molecule has 1 aromatic rings. The zero-order valence-corrected chi connectivity index (χ0v) is 10.7. The van der Waals surface area contributed by atoms with E-state index in [1.165, 1.54) is 12.8 Å². The molecule has 0 amide bonds. The molecule has 0 aliphatic carbocycles. The minimum atomic E-state index is 0.126. The lowest BCUT2D eigenvalue weighted by Gasteiger charge is -2.07. The monoisotopic (exact) mass is 235 g/mol. The fraction of sp³-hybridized carbons (Fsp3) is 0.500. The number of carbonyl (C=O) groups excluding carboxylic acids is 1. The van der Waals surface area contributed by atoms with Crippen LogP contribution in [-0.2, 0) is 0 Å². The van der Waals surface area contributed by atoms with E-state index in [-0.39, 0.29) is 5.78 Å². The van der Waals surface area contributed by atoms with E-state index >= 15 is 0 Å². The van der Waals surface area contributed by atoms with Crippen LogP contribution in [0.3, 0.4) is 0 Å². The summed E-state index contributed by atoms with van der Waals surface area (Å²) >= 11 is 0. The van der Waals surface area contributed by atoms with Crippen LogP contribution in [-0.4, -0.2) is 12.9 Å². The quantitative estimate of drug-likeness (QED) is 0.447. The highest BCUT2D eigenvalue weighted by molar-refractivity contribution is 6.00. The molecule has 1 rings (SSSR count). The first-order valence-corrected chi connectivity index (χ1v) is 6.15. The summed E-state index contributed by atoms with van der Waals surface area (Å²) in [5.74, 6) is 0.811. The first kappa shape index (κ1) is 13.6. The molecule has 3 heteroatoms. The highest BCUT2D eigenvalue weighted by Gasteiger charge is 2.09. The molecule has 17 heavy (non-hydrogen) atoms. The number of rotatable bonds is 7. The normalized spacial score (nSPS) is 10.2. The van der Waals surface area contributed by atoms with E-state index in [2.05, 4.69) is 6.92 Å². The molecule has 0 radical (unpaired) electrons. The third kappa shape index (κ3) is 4.10. The van der Waals surface area contributed by atoms with E-state index in [1.54, 1.807) is 25.3 Å². The van der Waals surface area contributed by atoms with Crippen LogP contribution in [0, 0.1) is 0 Å². The highest BCUT2D eigenvalue weighted by Crippen LogP contribution is 2.21. The molecule has 0 atom stereocenters. The zero-order valence-electron chi connectivity index (χ0n) is 10.7. The highest BCUT2D eigenvalue weighted by atomic mass is 16.5. The second kappa shape index (κ2) is 6.94. The first-order chi connectivity index (χ1) is 8.19. The van der Waals surface area contributed by atoms with Gasteiger partial charge in [0.25, 0.3) is 0 Å². The maximum atomic E-state index is 11.9. The molecule has 3 nitrogen and oxygen atoms in total. The number of carbonyl (C=O) groups is 1. The molecule has 0 fully saturated rings. The van der Waals surface area contributed by atoms with Crippen molar-refractivity contribution in [3.63, 3.8) is 0 Å². The molecule has 0 heterocycles. The molecule has 0 bridgehead atoms. The maximum absolute atomic E-state index is 11.9. The molecule has 0 unspecified atom stereocenters. The van der Waals surface area contributed by atoms with E-state index in [4.69, 9.17) is 10.5 Å². The van der Waals surface area contributed by atoms with Gasteiger partial charge in [-0.05, 0) is 18.6 Å². The van der Waals surface area contributed by atoms with Crippen molar-refractivity contribution >= 4 is 11.5 Å². The predicted octanol–water partition coefficient (Wildman–Crippen LogP) is 3.43. The average molecular weight is 235 g/mol. The molecule has 0 aromatic heterocycles. The number of nitrogens with two attached hydrogens (primary N) is 1. The molecule has 0 aliphatic rings. The van der Waals surface area contributed by atoms with E-state index < -0.39 is 0 Å². The summed E-state index contributed by atoms with van der Waals surface area (Å²) in [4.78, 5) is 11.9. The van der Waals surface area contributed by atoms with Gasteiger partial charge in [0.1, 0.15) is 5.75 Å². The Morgan fingerprint density at radius 1 is 1.29 bits per heavy atom. The predicted molar refractivity (Wildman–Crippen MR) is 70.5 cm³/mol. The van der Waals surface area contributed by atoms with Gasteiger partial charge in [-0.1, -0.05) is 26.2 Å². The van der Waals surface area contributed by atoms with Gasteiger partial charge in [0.2, 0.25) is 0 Å². The number of hydrogen-bond donors (Lipinski definition) is 1. The lowest BCUT2D eigenvalue weighted by Crippen LogP contribution is -2.04. The molecular weight excluding hydrogens is 214 g/mol. The van der Waals surface area contributed by atoms with Crippen molar-refractivity contribution in [2.24, 2.45) is 0 Å². The number of benzene rings is 1. The number of hydrogen-bond acceptors (Lipinski definition) is 3. The number of ether oxygens (including phenoxy) is 1. The van der Waals surface area contributed by atoms with Crippen molar-refractivity contribution in [3.8, 4) is 5.75 Å². The number of anilines is 1. The van der Waals surface area contributed by atoms with Crippen LogP contribution in [0.1, 0.15) is 49.4 Å². The topological polar surface area (TPSA) is 52.3 Å². The van der Waals surface area contributed by atoms with Gasteiger partial charge in [-0.15, -0.1) is 0 Å². The molecular formula is C14H21NO2. The van der Waals surface area contributed by atoms with Gasteiger partial charge in [0, 0.05) is 23.7 Å². The van der Waals surface area contributed by atoms with Gasteiger partial charge in [0.15, 0.2) is 5.78 Å². The third-order valence-corrected chi connectivity index (χ3v) is 2.82. The lowest BCUT2D eigenvalue weighted by atomic mass is 10.0. The molecule has 0 saturated carbocycles. The molecule has 0 aliphatic heterocycles. The summed E-state index contributed by atoms with van der Waals surface area (Å²) in [6, 6.07) is 5.21. The number of unbranched alkanes of at least 4 members (excludes halogenated alkanes) is 3. The molecule has 0 saturated heterocycles. The summed E-state index contributed by atoms with van der Waals surface area (Å²) in [6.07, 6.45) is 5.00. The second-order valence-electron chi connectivity index (χ2n) is 4.19. The van der Waals surface area contributed by atoms with E-state index in [9.17, 15) is 4.79 Å². The van der Waals surface area contributed by atoms with Crippen molar-refractivity contribution in [2.75, 3.05) is 12.8 Å². The SMILES string of the molecule is CCCCCCC(=O)c1ccc(OC)cc1N. The Morgan fingerprint density at radius 2 is 2.06 bits per heavy atom. The molecule has 0 spiro atoms. The van der Waals surface area contributed by atoms with Crippen molar-refractivity contribution in [1.29, 1.82) is 0 Å². The number of methoxy groups -OCH3 is 1. The summed E-state index contributed by atoms with van der Waals surface area (Å²) in [7, 11) is 1.58. The Labute approximate surface area is 103 Å². The van der Waals surface area contributed by atoms with Crippen LogP contribution in [0.25, 0.3) is 0 Å². The van der Waals surface area contributed by atoms with Crippen molar-refractivity contribution in [1.82, 2.24) is 0 Å². The summed E-state index contributed by atoms with van der Waals surface area (Å²) in [6.45, 7) is 2.16. The lowest BCUT2D eigenvalue weighted by molar-refractivity contribution is 0.0980. The van der Waals surface area contributed by atoms with Crippen LogP contribution in [0.2, 0.25) is 0 Å². The van der Waals surface area contributed by atoms with Gasteiger partial charge in [0.05, 0.1) is 7.11 Å². The number of Topliss-reactive ketones (excluding diaryl/α,β-unsaturated/α-hetero) is 1. The van der Waals surface area contributed by atoms with Gasteiger partial charge in [-0.3, -0.25) is 4.79 Å². The van der Waals surface area contributed by atoms with Gasteiger partial charge in [-0.2, -0.15) is 0 Å². The van der Waals surface area contributed by atoms with E-state index in [0.717, 1.165) is 12.8 Å². The molecule has 1 aromatic carbocycles. The fourth-order valence-electron chi connectivity index (χ4n) is 1.77. The minimum absolute atomic E-state index is 0.126. The van der Waals surface area contributed by atoms with Gasteiger partial charge < -0.3 is 10.5 Å². The second-order valence-corrected chi connectivity index (χ2v) is 4.19. The summed E-state index contributed by atoms with van der Waals surface area (Å²) in [5, 5.41) is 0. The molecule has 2 N–H and O–H groups in total. The molecule has 94 valence electrons. The van der Waals surface area contributed by atoms with Crippen LogP contribution in [0.4, 0.5) is 5.69 Å². The Balaban J connectivity index is 2.57. The largest absolute Gasteiger partial charge is 0.497 e. The Hall–Kier alpha value is -1.51. The first-order valence-electron chi connectivity index (χ1n) is 6.15. The Kier molecular flexibility index (Phi) is 5.53. The Morgan fingerprint density at radius 3 is 2.65 bits per heavy atom. The van der Waals surface area contributed by atoms with Crippen LogP contribution < -0.4 is 10.5 Å². The Bertz CT molecular complexity index is 374. The summed E-state index contributed by atoms with van der Waals surface area (Å²) < 4.78 is 5.05. The van der Waals surface area contributed by atoms with Crippen LogP contribution in [0.15, 0.2) is 18.2 Å². The van der Waals surface area contributed by atoms with Crippen molar-refractivity contribution in [2.45, 2.75) is 39.0 Å². The third-order valence-electron chi connectivity index (χ3n) is 2.82. The number of nitrogen functional groups attached to an aromatic ring is 1. The van der Waals surface area contributed by atoms with Crippen LogP contribution >= 0.6 is 0 Å². The maximum Gasteiger partial charge on any atom is 0.164 e. The van der Waals surface area contributed by atoms with E-state index in [0.29, 0.717) is 23.4 Å². The van der Waals surface area contributed by atoms with E-state index in [1.807, 2.05) is 0 Å². The minimum Gasteiger partial charge on any atom is -0.497 e.